The van der Waals surface area contributed by atoms with Gasteiger partial charge >= 0.3 is 0 Å². The molecule has 2 heterocycles. The molecule has 0 saturated heterocycles. The zero-order valence-electron chi connectivity index (χ0n) is 20.2. The third kappa shape index (κ3) is 5.84. The third-order valence-corrected chi connectivity index (χ3v) is 5.90. The first-order chi connectivity index (χ1) is 17.8. The third-order valence-electron chi connectivity index (χ3n) is 5.90. The molecule has 2 aromatic carbocycles. The van der Waals surface area contributed by atoms with Crippen LogP contribution >= 0.6 is 0 Å². The number of ketones is 1. The van der Waals surface area contributed by atoms with E-state index in [-0.39, 0.29) is 29.4 Å². The highest BCUT2D eigenvalue weighted by Gasteiger charge is 2.17. The Labute approximate surface area is 211 Å². The first kappa shape index (κ1) is 25.6. The Balaban J connectivity index is 1.74. The van der Waals surface area contributed by atoms with Crippen molar-refractivity contribution in [1.82, 2.24) is 14.9 Å². The number of hydrogen-bond acceptors (Lipinski definition) is 5. The maximum absolute atomic E-state index is 13.5. The summed E-state index contributed by atoms with van der Waals surface area (Å²) in [6.07, 6.45) is 1.45. The minimum atomic E-state index is -0.523. The summed E-state index contributed by atoms with van der Waals surface area (Å²) in [7, 11) is 1.63. The van der Waals surface area contributed by atoms with Gasteiger partial charge in [-0.2, -0.15) is 0 Å². The summed E-state index contributed by atoms with van der Waals surface area (Å²) in [6, 6.07) is 16.7. The number of nitrogens with one attached hydrogen (secondary N) is 2. The average molecular weight is 503 g/mol. The normalized spacial score (nSPS) is 11.7. The van der Waals surface area contributed by atoms with Gasteiger partial charge < -0.3 is 15.2 Å². The molecule has 0 saturated carbocycles. The van der Waals surface area contributed by atoms with Crippen molar-refractivity contribution in [2.45, 2.75) is 19.5 Å². The number of nitrogens with zero attached hydrogens (tertiary/aromatic N) is 2. The summed E-state index contributed by atoms with van der Waals surface area (Å²) < 4.78 is 28.2. The van der Waals surface area contributed by atoms with Crippen molar-refractivity contribution in [2.24, 2.45) is 0 Å². The second-order valence-electron chi connectivity index (χ2n) is 8.42. The van der Waals surface area contributed by atoms with E-state index < -0.39 is 29.0 Å². The summed E-state index contributed by atoms with van der Waals surface area (Å²) in [6.45, 7) is 1.71. The highest BCUT2D eigenvalue weighted by Crippen LogP contribution is 2.22. The number of hydrogen-bond donors (Lipinski definition) is 2. The molecule has 7 nitrogen and oxygen atoms in total. The summed E-state index contributed by atoms with van der Waals surface area (Å²) in [4.78, 5) is 42.9. The molecule has 0 radical (unpaired) electrons. The van der Waals surface area contributed by atoms with Crippen molar-refractivity contribution in [3.05, 3.63) is 118 Å². The van der Waals surface area contributed by atoms with Crippen LogP contribution in [0.2, 0.25) is 0 Å². The molecule has 4 rings (SSSR count). The van der Waals surface area contributed by atoms with Crippen molar-refractivity contribution in [1.29, 1.82) is 0 Å². The van der Waals surface area contributed by atoms with Gasteiger partial charge in [-0.1, -0.05) is 0 Å². The number of amides is 1. The van der Waals surface area contributed by atoms with Crippen LogP contribution in [0.4, 0.5) is 14.5 Å². The number of aromatic nitrogens is 2. The first-order valence-electron chi connectivity index (χ1n) is 11.5. The van der Waals surface area contributed by atoms with Crippen LogP contribution in [0.25, 0.3) is 11.3 Å². The maximum atomic E-state index is 13.5. The molecular weight excluding hydrogens is 478 g/mol. The Morgan fingerprint density at radius 2 is 1.59 bits per heavy atom. The first-order valence-corrected chi connectivity index (χ1v) is 11.5. The van der Waals surface area contributed by atoms with Gasteiger partial charge in [0.05, 0.1) is 18.3 Å². The van der Waals surface area contributed by atoms with Gasteiger partial charge in [-0.3, -0.25) is 19.4 Å². The van der Waals surface area contributed by atoms with E-state index in [9.17, 15) is 23.2 Å². The van der Waals surface area contributed by atoms with Crippen molar-refractivity contribution in [2.75, 3.05) is 12.4 Å². The Hall–Kier alpha value is -4.50. The molecule has 0 bridgehead atoms. The van der Waals surface area contributed by atoms with Crippen molar-refractivity contribution < 1.29 is 18.4 Å². The molecule has 9 heteroatoms. The van der Waals surface area contributed by atoms with Crippen LogP contribution in [0.5, 0.6) is 0 Å². The molecule has 1 unspecified atom stereocenters. The monoisotopic (exact) mass is 502 g/mol. The molecule has 37 heavy (non-hydrogen) atoms. The summed E-state index contributed by atoms with van der Waals surface area (Å²) in [5.41, 5.74) is 1.70. The van der Waals surface area contributed by atoms with E-state index in [0.717, 1.165) is 0 Å². The molecule has 0 aliphatic rings. The molecule has 188 valence electrons. The van der Waals surface area contributed by atoms with Crippen molar-refractivity contribution >= 4 is 17.4 Å². The molecule has 1 amide bonds. The van der Waals surface area contributed by atoms with Crippen molar-refractivity contribution in [3.63, 3.8) is 0 Å². The fourth-order valence-electron chi connectivity index (χ4n) is 3.70. The van der Waals surface area contributed by atoms with E-state index in [1.165, 1.54) is 53.2 Å². The topological polar surface area (TPSA) is 93.1 Å². The Bertz CT molecular complexity index is 1500. The summed E-state index contributed by atoms with van der Waals surface area (Å²) in [5.74, 6) is -1.64. The Morgan fingerprint density at radius 3 is 2.24 bits per heavy atom. The summed E-state index contributed by atoms with van der Waals surface area (Å²) in [5, 5.41) is 5.46. The van der Waals surface area contributed by atoms with Gasteiger partial charge in [-0.25, -0.2) is 8.78 Å². The minimum absolute atomic E-state index is 0.0447. The number of likely N-dealkylation sites (N-methyl/N-ethyl adjacent to an activating group) is 1. The highest BCUT2D eigenvalue weighted by atomic mass is 19.1. The average Bonchev–Trinajstić information content (AvgIpc) is 2.91. The van der Waals surface area contributed by atoms with E-state index in [1.54, 1.807) is 44.3 Å². The van der Waals surface area contributed by atoms with Crippen LogP contribution in [0.1, 0.15) is 28.5 Å². The molecule has 0 aliphatic carbocycles. The fourth-order valence-corrected chi connectivity index (χ4v) is 3.70. The zero-order valence-corrected chi connectivity index (χ0v) is 20.2. The van der Waals surface area contributed by atoms with Crippen LogP contribution < -0.4 is 16.2 Å². The number of carbonyl (C=O) groups excluding carboxylic acids is 2. The lowest BCUT2D eigenvalue weighted by atomic mass is 10.1. The summed E-state index contributed by atoms with van der Waals surface area (Å²) >= 11 is 0. The van der Waals surface area contributed by atoms with Gasteiger partial charge in [-0.05, 0) is 97.9 Å². The Morgan fingerprint density at radius 1 is 0.946 bits per heavy atom. The van der Waals surface area contributed by atoms with Crippen LogP contribution in [0.15, 0.2) is 83.8 Å². The number of pyridine rings is 2. The van der Waals surface area contributed by atoms with Crippen LogP contribution in [-0.4, -0.2) is 34.3 Å². The molecule has 4 aromatic rings. The van der Waals surface area contributed by atoms with Gasteiger partial charge in [0.1, 0.15) is 23.0 Å². The van der Waals surface area contributed by atoms with E-state index in [0.29, 0.717) is 16.8 Å². The highest BCUT2D eigenvalue weighted by molar-refractivity contribution is 6.07. The smallest absolute Gasteiger partial charge is 0.275 e. The quantitative estimate of drug-likeness (QED) is 0.355. The Kier molecular flexibility index (Phi) is 7.64. The van der Waals surface area contributed by atoms with Gasteiger partial charge in [0.25, 0.3) is 5.56 Å². The van der Waals surface area contributed by atoms with Gasteiger partial charge in [0.15, 0.2) is 0 Å². The molecule has 2 N–H and O–H groups in total. The molecule has 0 spiro atoms. The van der Waals surface area contributed by atoms with E-state index in [1.807, 2.05) is 0 Å². The molecule has 2 aromatic heterocycles. The number of rotatable bonds is 8. The largest absolute Gasteiger partial charge is 0.320 e. The van der Waals surface area contributed by atoms with Gasteiger partial charge in [-0.15, -0.1) is 0 Å². The van der Waals surface area contributed by atoms with Crippen LogP contribution in [0.3, 0.4) is 0 Å². The van der Waals surface area contributed by atoms with E-state index in [2.05, 4.69) is 15.6 Å². The van der Waals surface area contributed by atoms with Gasteiger partial charge in [0.2, 0.25) is 11.7 Å². The second kappa shape index (κ2) is 11.0. The van der Waals surface area contributed by atoms with Crippen molar-refractivity contribution in [3.8, 4) is 11.3 Å². The molecular formula is C28H24F2N4O3. The van der Waals surface area contributed by atoms with Crippen LogP contribution in [0, 0.1) is 11.6 Å². The number of halogens is 2. The molecule has 0 fully saturated rings. The SMILES string of the molecule is CNC(C)C(=O)Nc1ccc(-c2ccc(F)cc2)n(Cc2ccnc(C(=O)c3ccc(F)cc3)c2)c1=O. The van der Waals surface area contributed by atoms with Gasteiger partial charge in [0, 0.05) is 11.8 Å². The standard InChI is InChI=1S/C28H24F2N4O3/c1-17(31-2)27(36)33-23-11-12-25(19-3-7-21(29)8-4-19)34(28(23)37)16-18-13-14-32-24(15-18)26(35)20-5-9-22(30)10-6-20/h3-15,17,31H,16H2,1-2H3,(H,33,36). The fraction of sp³-hybridized carbons (Fsp3) is 0.143. The van der Waals surface area contributed by atoms with E-state index in [4.69, 9.17) is 0 Å². The number of anilines is 1. The zero-order chi connectivity index (χ0) is 26.5. The maximum Gasteiger partial charge on any atom is 0.275 e. The molecule has 0 aliphatic heterocycles. The van der Waals surface area contributed by atoms with E-state index >= 15 is 0 Å². The number of carbonyl (C=O) groups is 2. The second-order valence-corrected chi connectivity index (χ2v) is 8.42. The lowest BCUT2D eigenvalue weighted by Gasteiger charge is -2.17. The predicted octanol–water partition coefficient (Wildman–Crippen LogP) is 4.01. The van der Waals surface area contributed by atoms with Crippen LogP contribution in [-0.2, 0) is 11.3 Å². The predicted molar refractivity (Wildman–Crippen MR) is 136 cm³/mol. The number of benzene rings is 2. The minimum Gasteiger partial charge on any atom is -0.320 e. The lowest BCUT2D eigenvalue weighted by molar-refractivity contribution is -0.117. The molecule has 1 atom stereocenters. The lowest BCUT2D eigenvalue weighted by Crippen LogP contribution is -2.37.